The summed E-state index contributed by atoms with van der Waals surface area (Å²) in [5.74, 6) is 1.21. The van der Waals surface area contributed by atoms with E-state index in [1.54, 1.807) is 11.7 Å². The third-order valence-electron chi connectivity index (χ3n) is 6.35. The van der Waals surface area contributed by atoms with Crippen LogP contribution in [0.1, 0.15) is 22.5 Å². The minimum atomic E-state index is -0.973. The number of nitrogens with one attached hydrogen (secondary N) is 1. The first kappa shape index (κ1) is 24.2. The summed E-state index contributed by atoms with van der Waals surface area (Å²) in [6.45, 7) is -0.0526. The van der Waals surface area contributed by atoms with Crippen molar-refractivity contribution in [2.45, 2.75) is 12.1 Å². The largest absolute Gasteiger partial charge is 0.497 e. The molecule has 0 radical (unpaired) electrons. The van der Waals surface area contributed by atoms with Gasteiger partial charge in [0, 0.05) is 0 Å². The molecule has 0 fully saturated rings. The quantitative estimate of drug-likeness (QED) is 0.211. The number of aliphatic hydroxyl groups is 1. The maximum atomic E-state index is 13.0. The van der Waals surface area contributed by atoms with Gasteiger partial charge >= 0.3 is 0 Å². The molecule has 0 aliphatic carbocycles. The van der Waals surface area contributed by atoms with Crippen molar-refractivity contribution in [1.82, 2.24) is 19.5 Å². The number of aromatic nitrogens is 4. The molecule has 0 aliphatic rings. The molecule has 4 N–H and O–H groups in total. The Morgan fingerprint density at radius 3 is 2.08 bits per heavy atom. The highest BCUT2D eigenvalue weighted by Gasteiger charge is 2.43. The van der Waals surface area contributed by atoms with Gasteiger partial charge in [0.15, 0.2) is 11.2 Å². The van der Waals surface area contributed by atoms with Crippen LogP contribution in [-0.2, 0) is 16.9 Å². The maximum Gasteiger partial charge on any atom is 0.280 e. The van der Waals surface area contributed by atoms with E-state index in [0.29, 0.717) is 17.2 Å². The first-order valence-electron chi connectivity index (χ1n) is 11.8. The number of fused-ring (bicyclic) bond motifs is 1. The minimum Gasteiger partial charge on any atom is -0.497 e. The first-order valence-corrected chi connectivity index (χ1v) is 11.8. The Bertz CT molecular complexity index is 1510. The van der Waals surface area contributed by atoms with Gasteiger partial charge in [0.1, 0.15) is 23.7 Å². The predicted octanol–water partition coefficient (Wildman–Crippen LogP) is 3.06. The zero-order valence-corrected chi connectivity index (χ0v) is 20.3. The normalized spacial score (nSPS) is 11.6. The molecule has 0 amide bonds. The van der Waals surface area contributed by atoms with E-state index in [1.807, 2.05) is 84.9 Å². The van der Waals surface area contributed by atoms with E-state index in [2.05, 4.69) is 9.97 Å². The van der Waals surface area contributed by atoms with Gasteiger partial charge in [-0.25, -0.2) is 4.98 Å². The fourth-order valence-electron chi connectivity index (χ4n) is 4.76. The molecule has 0 bridgehead atoms. The summed E-state index contributed by atoms with van der Waals surface area (Å²) in [4.78, 5) is 24.8. The number of ether oxygens (including phenoxy) is 2. The number of anilines is 1. The number of hydrogen-bond donors (Lipinski definition) is 3. The number of aliphatic hydroxyl groups excluding tert-OH is 1. The van der Waals surface area contributed by atoms with Crippen LogP contribution in [0.5, 0.6) is 5.75 Å². The lowest BCUT2D eigenvalue weighted by molar-refractivity contribution is 0.0478. The second kappa shape index (κ2) is 10.3. The van der Waals surface area contributed by atoms with Gasteiger partial charge in [-0.2, -0.15) is 4.98 Å². The van der Waals surface area contributed by atoms with Gasteiger partial charge in [0.05, 0.1) is 20.3 Å². The predicted molar refractivity (Wildman–Crippen MR) is 140 cm³/mol. The van der Waals surface area contributed by atoms with Gasteiger partial charge < -0.3 is 20.3 Å². The lowest BCUT2D eigenvalue weighted by Crippen LogP contribution is -2.35. The van der Waals surface area contributed by atoms with Crippen LogP contribution in [0.15, 0.2) is 89.7 Å². The van der Waals surface area contributed by atoms with E-state index < -0.39 is 11.0 Å². The Morgan fingerprint density at radius 1 is 0.919 bits per heavy atom. The van der Waals surface area contributed by atoms with Crippen molar-refractivity contribution in [3.63, 3.8) is 0 Å². The van der Waals surface area contributed by atoms with Crippen LogP contribution in [0.25, 0.3) is 11.2 Å². The number of benzene rings is 3. The molecule has 9 nitrogen and oxygen atoms in total. The number of rotatable bonds is 9. The topological polar surface area (TPSA) is 128 Å². The minimum absolute atomic E-state index is 0.000140. The third-order valence-corrected chi connectivity index (χ3v) is 6.35. The number of aromatic amines is 1. The fraction of sp³-hybridized carbons (Fsp3) is 0.179. The number of hydrogen-bond acceptors (Lipinski definition) is 7. The van der Waals surface area contributed by atoms with Crippen LogP contribution in [0.4, 0.5) is 5.95 Å². The highest BCUT2D eigenvalue weighted by Crippen LogP contribution is 2.45. The number of nitrogens with two attached hydrogens (primary N) is 1. The molecule has 0 atom stereocenters. The van der Waals surface area contributed by atoms with Crippen molar-refractivity contribution in [3.8, 4) is 5.75 Å². The van der Waals surface area contributed by atoms with E-state index in [4.69, 9.17) is 20.2 Å². The van der Waals surface area contributed by atoms with Gasteiger partial charge in [0.25, 0.3) is 5.56 Å². The van der Waals surface area contributed by atoms with E-state index in [-0.39, 0.29) is 31.4 Å². The van der Waals surface area contributed by atoms with Crippen LogP contribution in [-0.4, -0.2) is 44.9 Å². The Labute approximate surface area is 213 Å². The van der Waals surface area contributed by atoms with Crippen LogP contribution in [0.3, 0.4) is 0 Å². The van der Waals surface area contributed by atoms with Gasteiger partial charge in [-0.1, -0.05) is 72.8 Å². The molecule has 3 aromatic carbocycles. The number of methoxy groups -OCH3 is 1. The number of imidazole rings is 1. The van der Waals surface area contributed by atoms with Crippen molar-refractivity contribution in [3.05, 3.63) is 118 Å². The number of nitrogen functional groups attached to an aromatic ring is 1. The molecule has 5 rings (SSSR count). The molecule has 5 aromatic rings. The Kier molecular flexibility index (Phi) is 6.72. The second-order valence-electron chi connectivity index (χ2n) is 8.46. The summed E-state index contributed by atoms with van der Waals surface area (Å²) in [5, 5.41) is 9.36. The van der Waals surface area contributed by atoms with Crippen molar-refractivity contribution < 1.29 is 14.6 Å². The molecule has 0 saturated carbocycles. The van der Waals surface area contributed by atoms with Crippen molar-refractivity contribution in [2.75, 3.05) is 26.1 Å². The van der Waals surface area contributed by atoms with Crippen molar-refractivity contribution in [1.29, 1.82) is 0 Å². The average molecular weight is 498 g/mol. The maximum absolute atomic E-state index is 13.0. The van der Waals surface area contributed by atoms with E-state index in [0.717, 1.165) is 16.7 Å². The molecule has 9 heteroatoms. The highest BCUT2D eigenvalue weighted by atomic mass is 16.5. The summed E-state index contributed by atoms with van der Waals surface area (Å²) < 4.78 is 12.9. The lowest BCUT2D eigenvalue weighted by Gasteiger charge is -2.35. The summed E-state index contributed by atoms with van der Waals surface area (Å²) in [6, 6.07) is 27.7. The number of nitrogens with zero attached hydrogens (tertiary/aromatic N) is 3. The smallest absolute Gasteiger partial charge is 0.280 e. The van der Waals surface area contributed by atoms with Gasteiger partial charge in [-0.3, -0.25) is 14.3 Å². The third kappa shape index (κ3) is 4.24. The SMILES string of the molecule is COc1ccc(C(c2ccccc2)(c2ccccc2)c2nc3c(=O)[nH]c(N)nc3n2COCCO)cc1. The molecular weight excluding hydrogens is 470 g/mol. The van der Waals surface area contributed by atoms with Crippen molar-refractivity contribution >= 4 is 17.1 Å². The van der Waals surface area contributed by atoms with Crippen LogP contribution >= 0.6 is 0 Å². The molecule has 2 heterocycles. The molecule has 0 aliphatic heterocycles. The summed E-state index contributed by atoms with van der Waals surface area (Å²) >= 11 is 0. The monoisotopic (exact) mass is 497 g/mol. The van der Waals surface area contributed by atoms with E-state index in [9.17, 15) is 9.90 Å². The zero-order chi connectivity index (χ0) is 25.8. The van der Waals surface area contributed by atoms with E-state index >= 15 is 0 Å². The zero-order valence-electron chi connectivity index (χ0n) is 20.3. The second-order valence-corrected chi connectivity index (χ2v) is 8.46. The van der Waals surface area contributed by atoms with E-state index in [1.165, 1.54) is 0 Å². The van der Waals surface area contributed by atoms with Gasteiger partial charge in [-0.05, 0) is 28.8 Å². The van der Waals surface area contributed by atoms with Crippen LogP contribution in [0, 0.1) is 0 Å². The summed E-state index contributed by atoms with van der Waals surface area (Å²) in [5.41, 5.74) is 7.69. The molecule has 0 unspecified atom stereocenters. The van der Waals surface area contributed by atoms with Gasteiger partial charge in [-0.15, -0.1) is 0 Å². The standard InChI is InChI=1S/C28H27N5O4/c1-36-22-14-12-21(13-15-22)28(19-8-4-2-5-9-19,20-10-6-3-7-11-20)26-30-23-24(31-27(29)32-25(23)35)33(26)18-37-17-16-34/h2-15,34H,16-18H2,1H3,(H3,29,31,32,35). The van der Waals surface area contributed by atoms with Crippen LogP contribution < -0.4 is 16.0 Å². The molecular formula is C28H27N5O4. The Morgan fingerprint density at radius 2 is 1.51 bits per heavy atom. The molecule has 0 saturated heterocycles. The Hall–Kier alpha value is -4.47. The van der Waals surface area contributed by atoms with Crippen LogP contribution in [0.2, 0.25) is 0 Å². The molecule has 37 heavy (non-hydrogen) atoms. The van der Waals surface area contributed by atoms with Crippen molar-refractivity contribution in [2.24, 2.45) is 0 Å². The Balaban J connectivity index is 1.94. The highest BCUT2D eigenvalue weighted by molar-refractivity contribution is 5.74. The molecule has 188 valence electrons. The molecule has 0 spiro atoms. The van der Waals surface area contributed by atoms with Gasteiger partial charge in [0.2, 0.25) is 5.95 Å². The number of H-pyrrole nitrogens is 1. The summed E-state index contributed by atoms with van der Waals surface area (Å²) in [6.07, 6.45) is 0. The fourth-order valence-corrected chi connectivity index (χ4v) is 4.76. The average Bonchev–Trinajstić information content (AvgIpc) is 3.30. The lowest BCUT2D eigenvalue weighted by atomic mass is 9.68. The first-order chi connectivity index (χ1) is 18.1. The molecule has 2 aromatic heterocycles. The summed E-state index contributed by atoms with van der Waals surface area (Å²) in [7, 11) is 1.62.